The zero-order chi connectivity index (χ0) is 26.4. The second kappa shape index (κ2) is 11.6. The van der Waals surface area contributed by atoms with E-state index in [1.807, 2.05) is 38.1 Å². The highest BCUT2D eigenvalue weighted by molar-refractivity contribution is 5.79. The van der Waals surface area contributed by atoms with Gasteiger partial charge in [0.05, 0.1) is 11.0 Å². The molecule has 3 aromatic carbocycles. The fourth-order valence-electron chi connectivity index (χ4n) is 4.44. The Labute approximate surface area is 214 Å². The van der Waals surface area contributed by atoms with Crippen LogP contribution >= 0.6 is 0 Å². The number of amides is 2. The molecule has 0 saturated carbocycles. The summed E-state index contributed by atoms with van der Waals surface area (Å²) in [7, 11) is 0. The quantitative estimate of drug-likeness (QED) is 0.288. The van der Waals surface area contributed by atoms with Gasteiger partial charge in [-0.15, -0.1) is 0 Å². The highest BCUT2D eigenvalue weighted by Crippen LogP contribution is 2.44. The molecular weight excluding hydrogens is 474 g/mol. The average Bonchev–Trinajstić information content (AvgIpc) is 3.23. The van der Waals surface area contributed by atoms with Crippen LogP contribution in [0.5, 0.6) is 5.75 Å². The van der Waals surface area contributed by atoms with Crippen LogP contribution in [0.25, 0.3) is 11.1 Å². The van der Waals surface area contributed by atoms with Crippen molar-refractivity contribution < 1.29 is 24.0 Å². The third-order valence-electron chi connectivity index (χ3n) is 6.70. The van der Waals surface area contributed by atoms with Crippen molar-refractivity contribution in [3.63, 3.8) is 0 Å². The predicted octanol–water partition coefficient (Wildman–Crippen LogP) is 5.64. The van der Waals surface area contributed by atoms with Crippen LogP contribution in [0, 0.1) is 16.0 Å². The molecule has 9 nitrogen and oxygen atoms in total. The molecule has 4 rings (SSSR count). The maximum atomic E-state index is 12.7. The summed E-state index contributed by atoms with van der Waals surface area (Å²) in [6.45, 7) is 4.29. The van der Waals surface area contributed by atoms with Crippen LogP contribution in [0.4, 0.5) is 15.3 Å². The van der Waals surface area contributed by atoms with Crippen LogP contribution in [0.1, 0.15) is 37.3 Å². The van der Waals surface area contributed by atoms with E-state index < -0.39 is 17.1 Å². The van der Waals surface area contributed by atoms with E-state index in [4.69, 9.17) is 9.47 Å². The van der Waals surface area contributed by atoms with Gasteiger partial charge < -0.3 is 20.1 Å². The van der Waals surface area contributed by atoms with E-state index in [-0.39, 0.29) is 42.5 Å². The molecule has 9 heteroatoms. The first-order valence-electron chi connectivity index (χ1n) is 12.2. The molecule has 0 saturated heterocycles. The molecule has 1 aliphatic rings. The summed E-state index contributed by atoms with van der Waals surface area (Å²) in [6, 6.07) is 21.1. The second-order valence-electron chi connectivity index (χ2n) is 8.98. The maximum Gasteiger partial charge on any atom is 0.412 e. The summed E-state index contributed by atoms with van der Waals surface area (Å²) in [4.78, 5) is 35.2. The highest BCUT2D eigenvalue weighted by atomic mass is 16.6. The number of fused-ring (bicyclic) bond motifs is 3. The molecule has 0 aliphatic heterocycles. The zero-order valence-corrected chi connectivity index (χ0v) is 20.7. The summed E-state index contributed by atoms with van der Waals surface area (Å²) in [5.74, 6) is 0.183. The van der Waals surface area contributed by atoms with E-state index in [0.29, 0.717) is 0 Å². The number of nitro benzene ring substituents is 1. The van der Waals surface area contributed by atoms with Crippen molar-refractivity contribution in [3.05, 3.63) is 94.0 Å². The Kier molecular flexibility index (Phi) is 8.02. The standard InChI is InChI=1S/C28H29N3O6/c1-3-18(2)26(16-29-27(32)37-20-14-12-19(13-15-20)31(34)35)30-28(33)36-17-25-23-10-6-4-8-21(23)22-9-5-7-11-24(22)25/h4-15,18,25-26H,3,16-17H2,1-2H3,(H,29,32)(H,30,33)/t18?,26-/m1/s1. The summed E-state index contributed by atoms with van der Waals surface area (Å²) in [6.07, 6.45) is -0.512. The third kappa shape index (κ3) is 6.06. The van der Waals surface area contributed by atoms with Crippen LogP contribution in [0.2, 0.25) is 0 Å². The smallest absolute Gasteiger partial charge is 0.412 e. The SMILES string of the molecule is CCC(C)[C@@H](CNC(=O)Oc1ccc([N+](=O)[O-])cc1)NC(=O)OCC1c2ccccc2-c2ccccc21. The van der Waals surface area contributed by atoms with Crippen LogP contribution in [-0.2, 0) is 4.74 Å². The van der Waals surface area contributed by atoms with Gasteiger partial charge in [-0.25, -0.2) is 9.59 Å². The van der Waals surface area contributed by atoms with Gasteiger partial charge >= 0.3 is 12.2 Å². The lowest BCUT2D eigenvalue weighted by Gasteiger charge is -2.24. The van der Waals surface area contributed by atoms with Gasteiger partial charge in [-0.05, 0) is 40.3 Å². The van der Waals surface area contributed by atoms with E-state index in [1.54, 1.807) is 0 Å². The second-order valence-corrected chi connectivity index (χ2v) is 8.98. The maximum absolute atomic E-state index is 12.7. The molecule has 0 heterocycles. The molecule has 3 aromatic rings. The monoisotopic (exact) mass is 503 g/mol. The Hall–Kier alpha value is -4.40. The minimum atomic E-state index is -0.725. The molecule has 0 aromatic heterocycles. The summed E-state index contributed by atoms with van der Waals surface area (Å²) >= 11 is 0. The van der Waals surface area contributed by atoms with Crippen molar-refractivity contribution in [1.29, 1.82) is 0 Å². The minimum absolute atomic E-state index is 0.0463. The fraction of sp³-hybridized carbons (Fsp3) is 0.286. The van der Waals surface area contributed by atoms with Crippen molar-refractivity contribution in [3.8, 4) is 16.9 Å². The van der Waals surface area contributed by atoms with Gasteiger partial charge in [-0.1, -0.05) is 68.8 Å². The molecule has 2 N–H and O–H groups in total. The van der Waals surface area contributed by atoms with Gasteiger partial charge in [-0.3, -0.25) is 10.1 Å². The van der Waals surface area contributed by atoms with Crippen LogP contribution in [-0.4, -0.2) is 36.3 Å². The molecular formula is C28H29N3O6. The van der Waals surface area contributed by atoms with Crippen molar-refractivity contribution in [2.24, 2.45) is 5.92 Å². The van der Waals surface area contributed by atoms with Gasteiger partial charge in [0.25, 0.3) is 5.69 Å². The number of carbonyl (C=O) groups excluding carboxylic acids is 2. The highest BCUT2D eigenvalue weighted by Gasteiger charge is 2.29. The zero-order valence-electron chi connectivity index (χ0n) is 20.7. The molecule has 1 unspecified atom stereocenters. The van der Waals surface area contributed by atoms with Crippen LogP contribution in [0.3, 0.4) is 0 Å². The predicted molar refractivity (Wildman–Crippen MR) is 139 cm³/mol. The molecule has 0 radical (unpaired) electrons. The van der Waals surface area contributed by atoms with Crippen LogP contribution < -0.4 is 15.4 Å². The number of hydrogen-bond donors (Lipinski definition) is 2. The number of benzene rings is 3. The minimum Gasteiger partial charge on any atom is -0.449 e. The molecule has 192 valence electrons. The molecule has 0 fully saturated rings. The third-order valence-corrected chi connectivity index (χ3v) is 6.70. The fourth-order valence-corrected chi connectivity index (χ4v) is 4.44. The van der Waals surface area contributed by atoms with Gasteiger partial charge in [0.1, 0.15) is 12.4 Å². The average molecular weight is 504 g/mol. The van der Waals surface area contributed by atoms with Crippen molar-refractivity contribution in [2.75, 3.05) is 13.2 Å². The molecule has 0 spiro atoms. The molecule has 2 amide bonds. The molecule has 37 heavy (non-hydrogen) atoms. The summed E-state index contributed by atoms with van der Waals surface area (Å²) < 4.78 is 10.8. The number of alkyl carbamates (subject to hydrolysis) is 1. The first-order valence-corrected chi connectivity index (χ1v) is 12.2. The van der Waals surface area contributed by atoms with Gasteiger partial charge in [0.15, 0.2) is 0 Å². The number of non-ortho nitro benzene ring substituents is 1. The van der Waals surface area contributed by atoms with Crippen molar-refractivity contribution in [2.45, 2.75) is 32.2 Å². The van der Waals surface area contributed by atoms with Crippen molar-refractivity contribution >= 4 is 17.9 Å². The Morgan fingerprint density at radius 1 is 0.946 bits per heavy atom. The van der Waals surface area contributed by atoms with Gasteiger partial charge in [0.2, 0.25) is 0 Å². The van der Waals surface area contributed by atoms with Crippen molar-refractivity contribution in [1.82, 2.24) is 10.6 Å². The number of rotatable bonds is 9. The number of nitrogens with one attached hydrogen (secondary N) is 2. The Morgan fingerprint density at radius 3 is 2.11 bits per heavy atom. The number of ether oxygens (including phenoxy) is 2. The van der Waals surface area contributed by atoms with E-state index >= 15 is 0 Å². The number of nitrogens with zero attached hydrogens (tertiary/aromatic N) is 1. The van der Waals surface area contributed by atoms with E-state index in [1.165, 1.54) is 24.3 Å². The largest absolute Gasteiger partial charge is 0.449 e. The first-order chi connectivity index (χ1) is 17.9. The van der Waals surface area contributed by atoms with Gasteiger partial charge in [0, 0.05) is 24.6 Å². The Bertz CT molecular complexity index is 1230. The number of nitro groups is 1. The molecule has 0 bridgehead atoms. The number of hydrogen-bond acceptors (Lipinski definition) is 6. The van der Waals surface area contributed by atoms with E-state index in [0.717, 1.165) is 28.7 Å². The van der Waals surface area contributed by atoms with Gasteiger partial charge in [-0.2, -0.15) is 0 Å². The lowest BCUT2D eigenvalue weighted by molar-refractivity contribution is -0.384. The topological polar surface area (TPSA) is 120 Å². The molecule has 2 atom stereocenters. The Morgan fingerprint density at radius 2 is 1.54 bits per heavy atom. The van der Waals surface area contributed by atoms with E-state index in [2.05, 4.69) is 34.9 Å². The lowest BCUT2D eigenvalue weighted by Crippen LogP contribution is -2.48. The van der Waals surface area contributed by atoms with E-state index in [9.17, 15) is 19.7 Å². The Balaban J connectivity index is 1.32. The normalized spacial score (nSPS) is 13.6. The lowest BCUT2D eigenvalue weighted by atomic mass is 9.98. The van der Waals surface area contributed by atoms with Crippen LogP contribution in [0.15, 0.2) is 72.8 Å². The first kappa shape index (κ1) is 25.7. The summed E-state index contributed by atoms with van der Waals surface area (Å²) in [5, 5.41) is 16.3. The molecule has 1 aliphatic carbocycles. The summed E-state index contributed by atoms with van der Waals surface area (Å²) in [5.41, 5.74) is 4.47. The number of carbonyl (C=O) groups is 2.